The molecule has 0 saturated heterocycles. The second-order valence-corrected chi connectivity index (χ2v) is 5.68. The summed E-state index contributed by atoms with van der Waals surface area (Å²) in [5.74, 6) is 0.0520. The summed E-state index contributed by atoms with van der Waals surface area (Å²) >= 11 is 0. The zero-order chi connectivity index (χ0) is 12.2. The number of rotatable bonds is 7. The highest BCUT2D eigenvalue weighted by Gasteiger charge is 2.42. The molecule has 94 valence electrons. The van der Waals surface area contributed by atoms with E-state index in [1.807, 2.05) is 13.8 Å². The summed E-state index contributed by atoms with van der Waals surface area (Å²) in [5, 5.41) is 2.98. The Morgan fingerprint density at radius 3 is 2.56 bits per heavy atom. The molecule has 0 aromatic heterocycles. The molecule has 1 amide bonds. The van der Waals surface area contributed by atoms with Gasteiger partial charge in [-0.2, -0.15) is 0 Å². The third-order valence-electron chi connectivity index (χ3n) is 3.07. The first-order valence-electron chi connectivity index (χ1n) is 5.91. The van der Waals surface area contributed by atoms with Gasteiger partial charge in [0.25, 0.3) is 0 Å². The molecule has 0 aromatic carbocycles. The van der Waals surface area contributed by atoms with E-state index in [9.17, 15) is 4.79 Å². The van der Waals surface area contributed by atoms with Crippen LogP contribution in [0.2, 0.25) is 0 Å². The van der Waals surface area contributed by atoms with Crippen molar-refractivity contribution in [3.05, 3.63) is 0 Å². The summed E-state index contributed by atoms with van der Waals surface area (Å²) in [6.07, 6.45) is 3.81. The van der Waals surface area contributed by atoms with Crippen molar-refractivity contribution < 1.29 is 9.53 Å². The zero-order valence-electron chi connectivity index (χ0n) is 10.6. The number of nitrogens with two attached hydrogens (primary N) is 1. The predicted octanol–water partition coefficient (Wildman–Crippen LogP) is 1.05. The minimum atomic E-state index is -0.423. The molecule has 1 fully saturated rings. The van der Waals surface area contributed by atoms with Gasteiger partial charge in [0.1, 0.15) is 0 Å². The normalized spacial score (nSPS) is 18.2. The Kier molecular flexibility index (Phi) is 4.33. The molecule has 1 saturated carbocycles. The lowest BCUT2D eigenvalue weighted by molar-refractivity contribution is -0.122. The highest BCUT2D eigenvalue weighted by molar-refractivity contribution is 5.77. The van der Waals surface area contributed by atoms with Gasteiger partial charge in [0.15, 0.2) is 0 Å². The quantitative estimate of drug-likeness (QED) is 0.684. The van der Waals surface area contributed by atoms with E-state index in [-0.39, 0.29) is 5.91 Å². The minimum Gasteiger partial charge on any atom is -0.385 e. The largest absolute Gasteiger partial charge is 0.385 e. The van der Waals surface area contributed by atoms with Gasteiger partial charge in [0.2, 0.25) is 5.91 Å². The Balaban J connectivity index is 2.21. The number of ether oxygens (including phenoxy) is 1. The van der Waals surface area contributed by atoms with Gasteiger partial charge in [0.05, 0.1) is 0 Å². The van der Waals surface area contributed by atoms with Crippen molar-refractivity contribution in [2.45, 2.75) is 45.1 Å². The van der Waals surface area contributed by atoms with Gasteiger partial charge in [-0.25, -0.2) is 0 Å². The molecule has 4 heteroatoms. The molecule has 0 atom stereocenters. The topological polar surface area (TPSA) is 64.3 Å². The van der Waals surface area contributed by atoms with Crippen LogP contribution in [0.3, 0.4) is 0 Å². The second-order valence-electron chi connectivity index (χ2n) is 5.68. The molecule has 0 unspecified atom stereocenters. The van der Waals surface area contributed by atoms with Crippen LogP contribution in [0.15, 0.2) is 0 Å². The Hall–Kier alpha value is -0.610. The molecule has 0 radical (unpaired) electrons. The first-order valence-corrected chi connectivity index (χ1v) is 5.91. The van der Waals surface area contributed by atoms with Crippen LogP contribution in [0.5, 0.6) is 0 Å². The SMILES string of the molecule is COCCC1(CNC(=O)CC(C)(C)N)CC1. The Labute approximate surface area is 97.9 Å². The van der Waals surface area contributed by atoms with Gasteiger partial charge in [-0.3, -0.25) is 4.79 Å². The second kappa shape index (κ2) is 5.15. The van der Waals surface area contributed by atoms with Crippen LogP contribution in [0.4, 0.5) is 0 Å². The molecule has 1 aliphatic rings. The van der Waals surface area contributed by atoms with Gasteiger partial charge >= 0.3 is 0 Å². The lowest BCUT2D eigenvalue weighted by Gasteiger charge is -2.20. The number of carbonyl (C=O) groups excluding carboxylic acids is 1. The maximum atomic E-state index is 11.6. The van der Waals surface area contributed by atoms with Crippen molar-refractivity contribution >= 4 is 5.91 Å². The molecule has 0 heterocycles. The van der Waals surface area contributed by atoms with Gasteiger partial charge in [-0.15, -0.1) is 0 Å². The molecule has 1 rings (SSSR count). The third kappa shape index (κ3) is 4.94. The van der Waals surface area contributed by atoms with Crippen LogP contribution in [0, 0.1) is 5.41 Å². The van der Waals surface area contributed by atoms with E-state index >= 15 is 0 Å². The average molecular weight is 228 g/mol. The molecule has 3 N–H and O–H groups in total. The van der Waals surface area contributed by atoms with Crippen molar-refractivity contribution in [1.82, 2.24) is 5.32 Å². The number of hydrogen-bond donors (Lipinski definition) is 2. The van der Waals surface area contributed by atoms with Gasteiger partial charge < -0.3 is 15.8 Å². The van der Waals surface area contributed by atoms with Crippen LogP contribution in [0.1, 0.15) is 39.5 Å². The summed E-state index contributed by atoms with van der Waals surface area (Å²) in [7, 11) is 1.71. The fraction of sp³-hybridized carbons (Fsp3) is 0.917. The van der Waals surface area contributed by atoms with Crippen LogP contribution in [-0.2, 0) is 9.53 Å². The summed E-state index contributed by atoms with van der Waals surface area (Å²) in [6, 6.07) is 0. The van der Waals surface area contributed by atoms with Crippen molar-refractivity contribution in [2.24, 2.45) is 11.1 Å². The maximum Gasteiger partial charge on any atom is 0.221 e. The van der Waals surface area contributed by atoms with Crippen molar-refractivity contribution in [3.63, 3.8) is 0 Å². The first-order chi connectivity index (χ1) is 7.37. The molecule has 16 heavy (non-hydrogen) atoms. The van der Waals surface area contributed by atoms with E-state index in [4.69, 9.17) is 10.5 Å². The van der Waals surface area contributed by atoms with Crippen molar-refractivity contribution in [3.8, 4) is 0 Å². The van der Waals surface area contributed by atoms with Crippen LogP contribution >= 0.6 is 0 Å². The fourth-order valence-corrected chi connectivity index (χ4v) is 1.77. The van der Waals surface area contributed by atoms with E-state index < -0.39 is 5.54 Å². The van der Waals surface area contributed by atoms with Gasteiger partial charge in [-0.05, 0) is 38.5 Å². The Morgan fingerprint density at radius 1 is 1.50 bits per heavy atom. The number of carbonyl (C=O) groups is 1. The number of amides is 1. The van der Waals surface area contributed by atoms with Crippen LogP contribution in [-0.4, -0.2) is 31.7 Å². The fourth-order valence-electron chi connectivity index (χ4n) is 1.77. The highest BCUT2D eigenvalue weighted by Crippen LogP contribution is 2.48. The smallest absolute Gasteiger partial charge is 0.221 e. The van der Waals surface area contributed by atoms with E-state index in [2.05, 4.69) is 5.32 Å². The lowest BCUT2D eigenvalue weighted by Crippen LogP contribution is -2.40. The summed E-state index contributed by atoms with van der Waals surface area (Å²) in [5.41, 5.74) is 5.68. The number of hydrogen-bond acceptors (Lipinski definition) is 3. The Morgan fingerprint density at radius 2 is 2.12 bits per heavy atom. The van der Waals surface area contributed by atoms with Gasteiger partial charge in [-0.1, -0.05) is 0 Å². The molecule has 4 nitrogen and oxygen atoms in total. The number of nitrogens with one attached hydrogen (secondary N) is 1. The van der Waals surface area contributed by atoms with Crippen molar-refractivity contribution in [1.29, 1.82) is 0 Å². The monoisotopic (exact) mass is 228 g/mol. The van der Waals surface area contributed by atoms with E-state index in [0.717, 1.165) is 19.6 Å². The van der Waals surface area contributed by atoms with Crippen molar-refractivity contribution in [2.75, 3.05) is 20.3 Å². The summed E-state index contributed by atoms with van der Waals surface area (Å²) in [6.45, 7) is 5.28. The minimum absolute atomic E-state index is 0.0520. The third-order valence-corrected chi connectivity index (χ3v) is 3.07. The van der Waals surface area contributed by atoms with E-state index in [1.54, 1.807) is 7.11 Å². The van der Waals surface area contributed by atoms with Crippen LogP contribution < -0.4 is 11.1 Å². The maximum absolute atomic E-state index is 11.6. The lowest BCUT2D eigenvalue weighted by atomic mass is 10.0. The van der Waals surface area contributed by atoms with E-state index in [1.165, 1.54) is 12.8 Å². The Bertz CT molecular complexity index is 242. The molecule has 0 aromatic rings. The highest BCUT2D eigenvalue weighted by atomic mass is 16.5. The van der Waals surface area contributed by atoms with E-state index in [0.29, 0.717) is 11.8 Å². The molecular weight excluding hydrogens is 204 g/mol. The summed E-state index contributed by atoms with van der Waals surface area (Å²) < 4.78 is 5.07. The molecule has 0 aliphatic heterocycles. The number of methoxy groups -OCH3 is 1. The first kappa shape index (κ1) is 13.5. The van der Waals surface area contributed by atoms with Gasteiger partial charge in [0, 0.05) is 32.2 Å². The average Bonchev–Trinajstić information content (AvgIpc) is 2.90. The zero-order valence-corrected chi connectivity index (χ0v) is 10.6. The molecule has 0 bridgehead atoms. The summed E-state index contributed by atoms with van der Waals surface area (Å²) in [4.78, 5) is 11.6. The molecule has 0 spiro atoms. The van der Waals surface area contributed by atoms with Crippen LogP contribution in [0.25, 0.3) is 0 Å². The standard InChI is InChI=1S/C12H24N2O2/c1-11(2,13)8-10(15)14-9-12(4-5-12)6-7-16-3/h4-9,13H2,1-3H3,(H,14,15). The molecule has 1 aliphatic carbocycles. The predicted molar refractivity (Wildman–Crippen MR) is 64.1 cm³/mol. The molecular formula is C12H24N2O2.